The van der Waals surface area contributed by atoms with Crippen molar-refractivity contribution in [2.24, 2.45) is 5.92 Å². The molecule has 0 aromatic carbocycles. The third-order valence-corrected chi connectivity index (χ3v) is 4.94. The van der Waals surface area contributed by atoms with Crippen LogP contribution in [0.15, 0.2) is 12.1 Å². The lowest BCUT2D eigenvalue weighted by atomic mass is 9.76. The Labute approximate surface area is 117 Å². The van der Waals surface area contributed by atoms with Crippen LogP contribution in [-0.2, 0) is 4.74 Å². The van der Waals surface area contributed by atoms with E-state index in [0.29, 0.717) is 16.9 Å². The quantitative estimate of drug-likeness (QED) is 0.758. The van der Waals surface area contributed by atoms with E-state index in [-0.39, 0.29) is 5.78 Å². The first-order valence-electron chi connectivity index (χ1n) is 6.51. The van der Waals surface area contributed by atoms with E-state index in [1.54, 1.807) is 6.07 Å². The molecule has 2 nitrogen and oxygen atoms in total. The standard InChI is InChI=1S/C14H19ClO2S/c1-3-17-14(8-6-10(2)7-9-14)13(16)11-4-5-12(15)18-11/h4-5,10H,3,6-9H2,1-2H3. The number of carbonyl (C=O) groups excluding carboxylic acids is 1. The van der Waals surface area contributed by atoms with Crippen LogP contribution in [0.3, 0.4) is 0 Å². The predicted molar refractivity (Wildman–Crippen MR) is 75.6 cm³/mol. The molecule has 0 aliphatic heterocycles. The van der Waals surface area contributed by atoms with Crippen molar-refractivity contribution >= 4 is 28.7 Å². The average molecular weight is 287 g/mol. The molecule has 1 fully saturated rings. The number of carbonyl (C=O) groups is 1. The van der Waals surface area contributed by atoms with Crippen LogP contribution in [0.25, 0.3) is 0 Å². The number of hydrogen-bond donors (Lipinski definition) is 0. The Bertz CT molecular complexity index is 419. The van der Waals surface area contributed by atoms with Gasteiger partial charge in [0, 0.05) is 6.61 Å². The molecule has 4 heteroatoms. The summed E-state index contributed by atoms with van der Waals surface area (Å²) in [6.45, 7) is 4.77. The summed E-state index contributed by atoms with van der Waals surface area (Å²) in [4.78, 5) is 13.4. The summed E-state index contributed by atoms with van der Waals surface area (Å²) in [5.41, 5.74) is -0.602. The van der Waals surface area contributed by atoms with Gasteiger partial charge in [-0.15, -0.1) is 11.3 Å². The van der Waals surface area contributed by atoms with Crippen LogP contribution in [-0.4, -0.2) is 18.0 Å². The van der Waals surface area contributed by atoms with E-state index in [9.17, 15) is 4.79 Å². The van der Waals surface area contributed by atoms with Crippen LogP contribution in [0.2, 0.25) is 4.34 Å². The van der Waals surface area contributed by atoms with Gasteiger partial charge in [0.15, 0.2) is 0 Å². The van der Waals surface area contributed by atoms with Gasteiger partial charge in [-0.25, -0.2) is 0 Å². The summed E-state index contributed by atoms with van der Waals surface area (Å²) in [5, 5.41) is 0. The molecule has 0 atom stereocenters. The lowest BCUT2D eigenvalue weighted by Crippen LogP contribution is -2.44. The molecule has 1 aliphatic rings. The zero-order valence-electron chi connectivity index (χ0n) is 10.9. The van der Waals surface area contributed by atoms with Crippen LogP contribution in [0.5, 0.6) is 0 Å². The maximum atomic E-state index is 12.7. The minimum atomic E-state index is -0.602. The minimum Gasteiger partial charge on any atom is -0.367 e. The van der Waals surface area contributed by atoms with E-state index in [1.165, 1.54) is 11.3 Å². The molecule has 100 valence electrons. The molecule has 2 rings (SSSR count). The molecule has 0 saturated heterocycles. The largest absolute Gasteiger partial charge is 0.367 e. The summed E-state index contributed by atoms with van der Waals surface area (Å²) in [7, 11) is 0. The molecule has 0 spiro atoms. The first-order valence-corrected chi connectivity index (χ1v) is 7.71. The van der Waals surface area contributed by atoms with Gasteiger partial charge in [-0.2, -0.15) is 0 Å². The summed E-state index contributed by atoms with van der Waals surface area (Å²) < 4.78 is 6.52. The van der Waals surface area contributed by atoms with E-state index < -0.39 is 5.60 Å². The molecule has 0 N–H and O–H groups in total. The monoisotopic (exact) mass is 286 g/mol. The van der Waals surface area contributed by atoms with E-state index >= 15 is 0 Å². The summed E-state index contributed by atoms with van der Waals surface area (Å²) in [5.74, 6) is 0.812. The zero-order chi connectivity index (χ0) is 13.2. The number of hydrogen-bond acceptors (Lipinski definition) is 3. The third-order valence-electron chi connectivity index (χ3n) is 3.71. The second-order valence-electron chi connectivity index (χ2n) is 5.04. The van der Waals surface area contributed by atoms with Gasteiger partial charge in [0.25, 0.3) is 0 Å². The fraction of sp³-hybridized carbons (Fsp3) is 0.643. The molecular formula is C14H19ClO2S. The molecule has 1 heterocycles. The first kappa shape index (κ1) is 14.0. The van der Waals surface area contributed by atoms with Gasteiger partial charge in [-0.3, -0.25) is 4.79 Å². The molecule has 1 aliphatic carbocycles. The van der Waals surface area contributed by atoms with Crippen LogP contribution in [0.1, 0.15) is 49.2 Å². The van der Waals surface area contributed by atoms with Crippen molar-refractivity contribution in [1.82, 2.24) is 0 Å². The van der Waals surface area contributed by atoms with Crippen molar-refractivity contribution in [3.63, 3.8) is 0 Å². The number of thiophene rings is 1. The Balaban J connectivity index is 2.22. The Kier molecular flexibility index (Phi) is 4.46. The highest BCUT2D eigenvalue weighted by Crippen LogP contribution is 2.38. The van der Waals surface area contributed by atoms with Crippen molar-refractivity contribution in [2.45, 2.75) is 45.1 Å². The van der Waals surface area contributed by atoms with Crippen molar-refractivity contribution in [3.8, 4) is 0 Å². The highest BCUT2D eigenvalue weighted by atomic mass is 35.5. The molecule has 18 heavy (non-hydrogen) atoms. The normalized spacial score (nSPS) is 28.3. The molecule has 1 aromatic rings. The smallest absolute Gasteiger partial charge is 0.204 e. The number of ether oxygens (including phenoxy) is 1. The van der Waals surface area contributed by atoms with Crippen molar-refractivity contribution in [3.05, 3.63) is 21.3 Å². The van der Waals surface area contributed by atoms with E-state index in [1.807, 2.05) is 13.0 Å². The lowest BCUT2D eigenvalue weighted by molar-refractivity contribution is -0.0471. The number of halogens is 1. The van der Waals surface area contributed by atoms with Crippen molar-refractivity contribution in [1.29, 1.82) is 0 Å². The Hall–Kier alpha value is -0.380. The molecule has 1 aromatic heterocycles. The Morgan fingerprint density at radius 3 is 2.67 bits per heavy atom. The third kappa shape index (κ3) is 2.79. The topological polar surface area (TPSA) is 26.3 Å². The molecule has 0 radical (unpaired) electrons. The predicted octanol–water partition coefficient (Wildman–Crippen LogP) is 4.57. The van der Waals surface area contributed by atoms with E-state index in [0.717, 1.165) is 30.6 Å². The lowest BCUT2D eigenvalue weighted by Gasteiger charge is -2.37. The summed E-state index contributed by atoms with van der Waals surface area (Å²) in [6, 6.07) is 3.60. The van der Waals surface area contributed by atoms with Gasteiger partial charge in [0.2, 0.25) is 5.78 Å². The Morgan fingerprint density at radius 2 is 2.17 bits per heavy atom. The van der Waals surface area contributed by atoms with Crippen molar-refractivity contribution in [2.75, 3.05) is 6.61 Å². The highest BCUT2D eigenvalue weighted by molar-refractivity contribution is 7.18. The fourth-order valence-electron chi connectivity index (χ4n) is 2.60. The fourth-order valence-corrected chi connectivity index (χ4v) is 3.68. The van der Waals surface area contributed by atoms with Gasteiger partial charge in [0.05, 0.1) is 9.21 Å². The summed E-state index contributed by atoms with van der Waals surface area (Å²) in [6.07, 6.45) is 3.78. The molecule has 0 amide bonds. The van der Waals surface area contributed by atoms with Gasteiger partial charge < -0.3 is 4.74 Å². The second-order valence-corrected chi connectivity index (χ2v) is 6.76. The van der Waals surface area contributed by atoms with Crippen LogP contribution >= 0.6 is 22.9 Å². The van der Waals surface area contributed by atoms with Crippen LogP contribution in [0, 0.1) is 5.92 Å². The maximum Gasteiger partial charge on any atom is 0.204 e. The van der Waals surface area contributed by atoms with Crippen LogP contribution in [0.4, 0.5) is 0 Å². The summed E-state index contributed by atoms with van der Waals surface area (Å²) >= 11 is 7.27. The number of ketones is 1. The molecule has 0 bridgehead atoms. The SMILES string of the molecule is CCOC1(C(=O)c2ccc(Cl)s2)CCC(C)CC1. The number of Topliss-reactive ketones (excluding diaryl/α,β-unsaturated/α-hetero) is 1. The van der Waals surface area contributed by atoms with Gasteiger partial charge >= 0.3 is 0 Å². The Morgan fingerprint density at radius 1 is 1.50 bits per heavy atom. The molecule has 1 saturated carbocycles. The highest BCUT2D eigenvalue weighted by Gasteiger charge is 2.42. The van der Waals surface area contributed by atoms with E-state index in [2.05, 4.69) is 6.92 Å². The minimum absolute atomic E-state index is 0.119. The average Bonchev–Trinajstić information content (AvgIpc) is 2.78. The zero-order valence-corrected chi connectivity index (χ0v) is 12.4. The van der Waals surface area contributed by atoms with Gasteiger partial charge in [-0.1, -0.05) is 18.5 Å². The van der Waals surface area contributed by atoms with Crippen molar-refractivity contribution < 1.29 is 9.53 Å². The number of rotatable bonds is 4. The van der Waals surface area contributed by atoms with Gasteiger partial charge in [-0.05, 0) is 50.7 Å². The van der Waals surface area contributed by atoms with Crippen LogP contribution < -0.4 is 0 Å². The second kappa shape index (κ2) is 5.72. The van der Waals surface area contributed by atoms with E-state index in [4.69, 9.17) is 16.3 Å². The van der Waals surface area contributed by atoms with Gasteiger partial charge in [0.1, 0.15) is 5.60 Å². The molecular weight excluding hydrogens is 268 g/mol. The molecule has 0 unspecified atom stereocenters. The first-order chi connectivity index (χ1) is 8.57. The maximum absolute atomic E-state index is 12.7.